The highest BCUT2D eigenvalue weighted by atomic mass is 79.9. The normalized spacial score (nSPS) is 11.1. The van der Waals surface area contributed by atoms with Crippen LogP contribution in [0, 0.1) is 11.2 Å². The van der Waals surface area contributed by atoms with Gasteiger partial charge in [0.25, 0.3) is 0 Å². The maximum atomic E-state index is 13.0. The van der Waals surface area contributed by atoms with Gasteiger partial charge in [-0.2, -0.15) is 0 Å². The highest BCUT2D eigenvalue weighted by Gasteiger charge is 2.33. The molecule has 0 unspecified atom stereocenters. The Balaban J connectivity index is 3.17. The molecule has 0 saturated carbocycles. The molecular weight excluding hydrogens is 287 g/mol. The number of carbonyl (C=O) groups is 1. The Labute approximate surface area is 109 Å². The van der Waals surface area contributed by atoms with Crippen molar-refractivity contribution in [1.29, 1.82) is 0 Å². The fourth-order valence-corrected chi connectivity index (χ4v) is 2.04. The summed E-state index contributed by atoms with van der Waals surface area (Å²) >= 11 is 3.26. The molecule has 0 atom stereocenters. The Morgan fingerprint density at radius 2 is 2.06 bits per heavy atom. The summed E-state index contributed by atoms with van der Waals surface area (Å²) in [5.41, 5.74) is 0.424. The van der Waals surface area contributed by atoms with Crippen molar-refractivity contribution in [3.8, 4) is 0 Å². The van der Waals surface area contributed by atoms with Crippen LogP contribution in [0.3, 0.4) is 0 Å². The molecule has 0 aromatic heterocycles. The van der Waals surface area contributed by atoms with E-state index in [4.69, 9.17) is 4.74 Å². The zero-order chi connectivity index (χ0) is 13.2. The quantitative estimate of drug-likeness (QED) is 0.794. The van der Waals surface area contributed by atoms with Crippen molar-refractivity contribution < 1.29 is 13.9 Å². The van der Waals surface area contributed by atoms with Crippen LogP contribution < -0.4 is 0 Å². The van der Waals surface area contributed by atoms with Gasteiger partial charge in [-0.3, -0.25) is 4.79 Å². The second-order valence-corrected chi connectivity index (χ2v) is 5.07. The van der Waals surface area contributed by atoms with Crippen LogP contribution in [-0.4, -0.2) is 13.1 Å². The van der Waals surface area contributed by atoms with Gasteiger partial charge >= 0.3 is 5.97 Å². The van der Waals surface area contributed by atoms with Crippen LogP contribution in [0.4, 0.5) is 4.39 Å². The fraction of sp³-hybridized carbons (Fsp3) is 0.308. The van der Waals surface area contributed by atoms with Gasteiger partial charge in [0.2, 0.25) is 0 Å². The Morgan fingerprint density at radius 1 is 1.47 bits per heavy atom. The van der Waals surface area contributed by atoms with Gasteiger partial charge in [-0.05, 0) is 37.1 Å². The molecule has 1 aromatic rings. The number of esters is 1. The van der Waals surface area contributed by atoms with Gasteiger partial charge in [0.05, 0.1) is 12.5 Å². The minimum atomic E-state index is -0.852. The van der Waals surface area contributed by atoms with Gasteiger partial charge in [0.1, 0.15) is 5.82 Å². The van der Waals surface area contributed by atoms with Gasteiger partial charge in [0, 0.05) is 4.47 Å². The zero-order valence-electron chi connectivity index (χ0n) is 10.0. The first-order valence-corrected chi connectivity index (χ1v) is 5.83. The Hall–Kier alpha value is -1.16. The average Bonchev–Trinajstić information content (AvgIpc) is 2.27. The molecule has 0 N–H and O–H groups in total. The largest absolute Gasteiger partial charge is 0.468 e. The molecule has 0 aliphatic carbocycles. The Kier molecular flexibility index (Phi) is 4.09. The van der Waals surface area contributed by atoms with Gasteiger partial charge in [-0.25, -0.2) is 4.39 Å². The molecule has 0 fully saturated rings. The van der Waals surface area contributed by atoms with Crippen molar-refractivity contribution in [2.75, 3.05) is 7.11 Å². The number of halogens is 2. The predicted octanol–water partition coefficient (Wildman–Crippen LogP) is 3.80. The number of rotatable bonds is 3. The van der Waals surface area contributed by atoms with Crippen LogP contribution in [0.15, 0.2) is 29.3 Å². The SMILES string of the molecule is C=C(c1ccc(F)cc1Br)C(C)(C)C(=O)OC. The summed E-state index contributed by atoms with van der Waals surface area (Å²) in [6.45, 7) is 7.34. The number of methoxy groups -OCH3 is 1. The van der Waals surface area contributed by atoms with E-state index in [-0.39, 0.29) is 11.8 Å². The molecule has 4 heteroatoms. The summed E-state index contributed by atoms with van der Waals surface area (Å²) in [6.07, 6.45) is 0. The monoisotopic (exact) mass is 300 g/mol. The molecule has 0 aliphatic heterocycles. The lowest BCUT2D eigenvalue weighted by atomic mass is 9.81. The lowest BCUT2D eigenvalue weighted by Crippen LogP contribution is -2.26. The molecule has 92 valence electrons. The molecule has 2 nitrogen and oxygen atoms in total. The van der Waals surface area contributed by atoms with Crippen molar-refractivity contribution >= 4 is 27.5 Å². The molecule has 0 heterocycles. The van der Waals surface area contributed by atoms with Crippen LogP contribution in [0.5, 0.6) is 0 Å². The smallest absolute Gasteiger partial charge is 0.315 e. The van der Waals surface area contributed by atoms with E-state index in [1.165, 1.54) is 19.2 Å². The molecule has 0 amide bonds. The summed E-state index contributed by atoms with van der Waals surface area (Å²) in [5, 5.41) is 0. The third-order valence-electron chi connectivity index (χ3n) is 2.71. The van der Waals surface area contributed by atoms with Crippen molar-refractivity contribution in [1.82, 2.24) is 0 Å². The van der Waals surface area contributed by atoms with Gasteiger partial charge in [-0.15, -0.1) is 0 Å². The minimum absolute atomic E-state index is 0.343. The molecule has 17 heavy (non-hydrogen) atoms. The molecular formula is C13H14BrFO2. The number of carbonyl (C=O) groups excluding carboxylic acids is 1. The third-order valence-corrected chi connectivity index (χ3v) is 3.36. The molecule has 0 spiro atoms. The first kappa shape index (κ1) is 13.9. The summed E-state index contributed by atoms with van der Waals surface area (Å²) < 4.78 is 18.3. The van der Waals surface area contributed by atoms with Crippen molar-refractivity contribution in [2.24, 2.45) is 5.41 Å². The highest BCUT2D eigenvalue weighted by molar-refractivity contribution is 9.10. The van der Waals surface area contributed by atoms with Crippen LogP contribution in [0.25, 0.3) is 5.57 Å². The summed E-state index contributed by atoms with van der Waals surface area (Å²) in [4.78, 5) is 11.7. The minimum Gasteiger partial charge on any atom is -0.468 e. The molecule has 1 aromatic carbocycles. The number of hydrogen-bond donors (Lipinski definition) is 0. The summed E-state index contributed by atoms with van der Waals surface area (Å²) in [7, 11) is 1.33. The topological polar surface area (TPSA) is 26.3 Å². The lowest BCUT2D eigenvalue weighted by Gasteiger charge is -2.25. The van der Waals surface area contributed by atoms with E-state index < -0.39 is 5.41 Å². The predicted molar refractivity (Wildman–Crippen MR) is 68.9 cm³/mol. The van der Waals surface area contributed by atoms with E-state index in [1.807, 2.05) is 0 Å². The van der Waals surface area contributed by atoms with E-state index >= 15 is 0 Å². The molecule has 1 rings (SSSR count). The second-order valence-electron chi connectivity index (χ2n) is 4.22. The van der Waals surface area contributed by atoms with Gasteiger partial charge in [0.15, 0.2) is 0 Å². The molecule has 0 aliphatic rings. The van der Waals surface area contributed by atoms with E-state index in [0.29, 0.717) is 15.6 Å². The van der Waals surface area contributed by atoms with Crippen molar-refractivity contribution in [3.63, 3.8) is 0 Å². The highest BCUT2D eigenvalue weighted by Crippen LogP contribution is 2.37. The van der Waals surface area contributed by atoms with Crippen molar-refractivity contribution in [2.45, 2.75) is 13.8 Å². The van der Waals surface area contributed by atoms with E-state index in [2.05, 4.69) is 22.5 Å². The first-order chi connectivity index (χ1) is 7.80. The summed E-state index contributed by atoms with van der Waals surface area (Å²) in [6, 6.07) is 4.26. The van der Waals surface area contributed by atoms with E-state index in [1.54, 1.807) is 19.9 Å². The second kappa shape index (κ2) is 5.00. The van der Waals surface area contributed by atoms with Crippen LogP contribution >= 0.6 is 15.9 Å². The maximum absolute atomic E-state index is 13.0. The van der Waals surface area contributed by atoms with Crippen LogP contribution in [0.1, 0.15) is 19.4 Å². The zero-order valence-corrected chi connectivity index (χ0v) is 11.6. The fourth-order valence-electron chi connectivity index (χ4n) is 1.45. The number of ether oxygens (including phenoxy) is 1. The third kappa shape index (κ3) is 2.75. The van der Waals surface area contributed by atoms with Gasteiger partial charge in [-0.1, -0.05) is 28.6 Å². The Bertz CT molecular complexity index is 466. The van der Waals surface area contributed by atoms with E-state index in [0.717, 1.165) is 0 Å². The lowest BCUT2D eigenvalue weighted by molar-refractivity contribution is -0.147. The summed E-state index contributed by atoms with van der Waals surface area (Å²) in [5.74, 6) is -0.719. The first-order valence-electron chi connectivity index (χ1n) is 5.04. The number of benzene rings is 1. The van der Waals surface area contributed by atoms with Crippen molar-refractivity contribution in [3.05, 3.63) is 40.6 Å². The number of hydrogen-bond acceptors (Lipinski definition) is 2. The Morgan fingerprint density at radius 3 is 2.53 bits per heavy atom. The molecule has 0 bridgehead atoms. The van der Waals surface area contributed by atoms with Crippen LogP contribution in [-0.2, 0) is 9.53 Å². The average molecular weight is 301 g/mol. The maximum Gasteiger partial charge on any atom is 0.315 e. The molecule has 0 saturated heterocycles. The van der Waals surface area contributed by atoms with Crippen LogP contribution in [0.2, 0.25) is 0 Å². The molecule has 0 radical (unpaired) electrons. The van der Waals surface area contributed by atoms with E-state index in [9.17, 15) is 9.18 Å². The van der Waals surface area contributed by atoms with Gasteiger partial charge < -0.3 is 4.74 Å². The standard InChI is InChI=1S/C13H14BrFO2/c1-8(13(2,3)12(16)17-4)10-6-5-9(15)7-11(10)14/h5-7H,1H2,2-4H3.